The molecule has 0 unspecified atom stereocenters. The molecule has 1 aromatic rings. The van der Waals surface area contributed by atoms with Crippen LogP contribution < -0.4 is 5.32 Å². The number of nitrogens with zero attached hydrogens (tertiary/aromatic N) is 1. The molecule has 6 heteroatoms. The van der Waals surface area contributed by atoms with E-state index in [-0.39, 0.29) is 5.91 Å². The molecule has 1 amide bonds. The van der Waals surface area contributed by atoms with Gasteiger partial charge in [-0.3, -0.25) is 9.69 Å². The van der Waals surface area contributed by atoms with Crippen molar-refractivity contribution in [3.8, 4) is 0 Å². The summed E-state index contributed by atoms with van der Waals surface area (Å²) in [6.45, 7) is 4.47. The quantitative estimate of drug-likeness (QED) is 0.831. The van der Waals surface area contributed by atoms with E-state index in [9.17, 15) is 4.79 Å². The van der Waals surface area contributed by atoms with Gasteiger partial charge in [-0.05, 0) is 56.5 Å². The van der Waals surface area contributed by atoms with E-state index in [1.807, 2.05) is 30.8 Å². The van der Waals surface area contributed by atoms with E-state index in [0.717, 1.165) is 44.8 Å². The number of hydrogen-bond donors (Lipinski definition) is 1. The van der Waals surface area contributed by atoms with Gasteiger partial charge in [-0.15, -0.1) is 0 Å². The lowest BCUT2D eigenvalue weighted by Gasteiger charge is -2.25. The fourth-order valence-electron chi connectivity index (χ4n) is 1.96. The number of halogens is 2. The zero-order chi connectivity index (χ0) is 13.8. The average Bonchev–Trinajstić information content (AvgIpc) is 2.35. The third-order valence-electron chi connectivity index (χ3n) is 2.92. The summed E-state index contributed by atoms with van der Waals surface area (Å²) in [6, 6.07) is 4.00. The highest BCUT2D eigenvalue weighted by molar-refractivity contribution is 9.11. The summed E-state index contributed by atoms with van der Waals surface area (Å²) in [5.41, 5.74) is 1.95. The molecule has 1 fully saturated rings. The van der Waals surface area contributed by atoms with Crippen molar-refractivity contribution in [3.05, 3.63) is 26.6 Å². The Hall–Kier alpha value is -0.0400. The van der Waals surface area contributed by atoms with Crippen molar-refractivity contribution in [2.24, 2.45) is 0 Å². The lowest BCUT2D eigenvalue weighted by atomic mass is 10.2. The molecule has 104 valence electrons. The summed E-state index contributed by atoms with van der Waals surface area (Å²) in [6.07, 6.45) is 0. The first-order valence-corrected chi connectivity index (χ1v) is 8.86. The summed E-state index contributed by atoms with van der Waals surface area (Å²) >= 11 is 8.93. The molecule has 1 heterocycles. The van der Waals surface area contributed by atoms with Gasteiger partial charge >= 0.3 is 0 Å². The molecule has 2 rings (SSSR count). The molecule has 1 saturated heterocycles. The predicted octanol–water partition coefficient (Wildman–Crippen LogP) is 3.51. The Bertz CT molecular complexity index is 453. The summed E-state index contributed by atoms with van der Waals surface area (Å²) in [5.74, 6) is 2.27. The number of hydrogen-bond acceptors (Lipinski definition) is 3. The van der Waals surface area contributed by atoms with Crippen LogP contribution in [0.4, 0.5) is 5.69 Å². The fourth-order valence-corrected chi connectivity index (χ4v) is 4.55. The van der Waals surface area contributed by atoms with Gasteiger partial charge in [0, 0.05) is 33.5 Å². The van der Waals surface area contributed by atoms with Gasteiger partial charge < -0.3 is 5.32 Å². The molecule has 0 aromatic heterocycles. The van der Waals surface area contributed by atoms with Crippen LogP contribution in [0.15, 0.2) is 21.1 Å². The van der Waals surface area contributed by atoms with Crippen LogP contribution in [0.5, 0.6) is 0 Å². The fraction of sp³-hybridized carbons (Fsp3) is 0.462. The monoisotopic (exact) mass is 406 g/mol. The third kappa shape index (κ3) is 4.48. The Balaban J connectivity index is 1.98. The first kappa shape index (κ1) is 15.4. The van der Waals surface area contributed by atoms with Crippen molar-refractivity contribution in [1.82, 2.24) is 4.90 Å². The Labute approximate surface area is 134 Å². The number of rotatable bonds is 3. The molecule has 0 spiro atoms. The standard InChI is InChI=1S/C13H16Br2N2OS/c1-9-6-10(14)13(11(15)7-9)16-12(18)8-17-2-4-19-5-3-17/h6-7H,2-5,8H2,1H3,(H,16,18). The van der Waals surface area contributed by atoms with E-state index in [0.29, 0.717) is 6.54 Å². The maximum Gasteiger partial charge on any atom is 0.238 e. The van der Waals surface area contributed by atoms with Crippen molar-refractivity contribution < 1.29 is 4.79 Å². The highest BCUT2D eigenvalue weighted by Gasteiger charge is 2.16. The second-order valence-corrected chi connectivity index (χ2v) is 7.47. The van der Waals surface area contributed by atoms with Crippen LogP contribution in [0.1, 0.15) is 5.56 Å². The Kier molecular flexibility index (Phi) is 5.74. The number of anilines is 1. The minimum atomic E-state index is 0.0390. The molecule has 1 aliphatic heterocycles. The summed E-state index contributed by atoms with van der Waals surface area (Å²) in [4.78, 5) is 14.3. The van der Waals surface area contributed by atoms with Gasteiger partial charge in [-0.25, -0.2) is 0 Å². The van der Waals surface area contributed by atoms with Gasteiger partial charge in [-0.2, -0.15) is 11.8 Å². The minimum absolute atomic E-state index is 0.0390. The van der Waals surface area contributed by atoms with Crippen molar-refractivity contribution >= 4 is 55.2 Å². The molecule has 0 aliphatic carbocycles. The zero-order valence-corrected chi connectivity index (χ0v) is 14.7. The molecular formula is C13H16Br2N2OS. The van der Waals surface area contributed by atoms with Gasteiger partial charge in [0.25, 0.3) is 0 Å². The van der Waals surface area contributed by atoms with E-state index in [1.54, 1.807) is 0 Å². The van der Waals surface area contributed by atoms with Crippen molar-refractivity contribution in [1.29, 1.82) is 0 Å². The SMILES string of the molecule is Cc1cc(Br)c(NC(=O)CN2CCSCC2)c(Br)c1. The van der Waals surface area contributed by atoms with E-state index in [2.05, 4.69) is 42.1 Å². The highest BCUT2D eigenvalue weighted by Crippen LogP contribution is 2.32. The molecule has 0 radical (unpaired) electrons. The highest BCUT2D eigenvalue weighted by atomic mass is 79.9. The van der Waals surface area contributed by atoms with E-state index < -0.39 is 0 Å². The van der Waals surface area contributed by atoms with Crippen LogP contribution in [0.2, 0.25) is 0 Å². The van der Waals surface area contributed by atoms with Gasteiger partial charge in [0.05, 0.1) is 12.2 Å². The molecule has 1 aromatic carbocycles. The minimum Gasteiger partial charge on any atom is -0.323 e. The lowest BCUT2D eigenvalue weighted by molar-refractivity contribution is -0.117. The average molecular weight is 408 g/mol. The van der Waals surface area contributed by atoms with Crippen LogP contribution in [0.3, 0.4) is 0 Å². The molecule has 0 bridgehead atoms. The largest absolute Gasteiger partial charge is 0.323 e. The number of carbonyl (C=O) groups is 1. The van der Waals surface area contributed by atoms with Gasteiger partial charge in [-0.1, -0.05) is 0 Å². The number of benzene rings is 1. The van der Waals surface area contributed by atoms with E-state index >= 15 is 0 Å². The molecule has 3 nitrogen and oxygen atoms in total. The molecule has 0 atom stereocenters. The first-order chi connectivity index (χ1) is 9.06. The topological polar surface area (TPSA) is 32.3 Å². The zero-order valence-electron chi connectivity index (χ0n) is 10.7. The summed E-state index contributed by atoms with van der Waals surface area (Å²) < 4.78 is 1.81. The van der Waals surface area contributed by atoms with Crippen molar-refractivity contribution in [2.75, 3.05) is 36.5 Å². The molecule has 0 saturated carbocycles. The van der Waals surface area contributed by atoms with Crippen molar-refractivity contribution in [2.45, 2.75) is 6.92 Å². The molecule has 1 N–H and O–H groups in total. The van der Waals surface area contributed by atoms with Crippen LogP contribution in [-0.4, -0.2) is 41.9 Å². The second kappa shape index (κ2) is 7.11. The molecule has 1 aliphatic rings. The predicted molar refractivity (Wildman–Crippen MR) is 89.0 cm³/mol. The second-order valence-electron chi connectivity index (χ2n) is 4.54. The maximum absolute atomic E-state index is 12.1. The van der Waals surface area contributed by atoms with E-state index in [4.69, 9.17) is 0 Å². The van der Waals surface area contributed by atoms with Crippen molar-refractivity contribution in [3.63, 3.8) is 0 Å². The normalized spacial score (nSPS) is 16.4. The third-order valence-corrected chi connectivity index (χ3v) is 5.12. The first-order valence-electron chi connectivity index (χ1n) is 6.12. The maximum atomic E-state index is 12.1. The Morgan fingerprint density at radius 1 is 1.32 bits per heavy atom. The summed E-state index contributed by atoms with van der Waals surface area (Å²) in [5, 5.41) is 2.97. The Morgan fingerprint density at radius 3 is 2.47 bits per heavy atom. The number of thioether (sulfide) groups is 1. The van der Waals surface area contributed by atoms with Gasteiger partial charge in [0.2, 0.25) is 5.91 Å². The summed E-state index contributed by atoms with van der Waals surface area (Å²) in [7, 11) is 0. The number of aryl methyl sites for hydroxylation is 1. The van der Waals surface area contributed by atoms with Gasteiger partial charge in [0.15, 0.2) is 0 Å². The van der Waals surface area contributed by atoms with Gasteiger partial charge in [0.1, 0.15) is 0 Å². The van der Waals surface area contributed by atoms with Crippen LogP contribution in [-0.2, 0) is 4.79 Å². The molecular weight excluding hydrogens is 392 g/mol. The number of amides is 1. The Morgan fingerprint density at radius 2 is 1.89 bits per heavy atom. The molecule has 19 heavy (non-hydrogen) atoms. The lowest BCUT2D eigenvalue weighted by Crippen LogP contribution is -2.38. The van der Waals surface area contributed by atoms with Crippen LogP contribution in [0, 0.1) is 6.92 Å². The number of carbonyl (C=O) groups excluding carboxylic acids is 1. The van der Waals surface area contributed by atoms with E-state index in [1.165, 1.54) is 0 Å². The smallest absolute Gasteiger partial charge is 0.238 e. The number of nitrogens with one attached hydrogen (secondary N) is 1. The van der Waals surface area contributed by atoms with Crippen LogP contribution in [0.25, 0.3) is 0 Å². The van der Waals surface area contributed by atoms with Crippen LogP contribution >= 0.6 is 43.6 Å².